The van der Waals surface area contributed by atoms with E-state index in [1.165, 1.54) is 32.1 Å². The van der Waals surface area contributed by atoms with Crippen molar-refractivity contribution in [1.82, 2.24) is 19.9 Å². The predicted molar refractivity (Wildman–Crippen MR) is 81.4 cm³/mol. The van der Waals surface area contributed by atoms with Crippen LogP contribution in [0.25, 0.3) is 0 Å². The summed E-state index contributed by atoms with van der Waals surface area (Å²) in [6.45, 7) is 4.42. The van der Waals surface area contributed by atoms with Crippen LogP contribution in [0.3, 0.4) is 0 Å². The fourth-order valence-corrected chi connectivity index (χ4v) is 3.93. The second-order valence-corrected chi connectivity index (χ2v) is 7.06. The molecule has 22 heavy (non-hydrogen) atoms. The molecule has 4 rings (SSSR count). The van der Waals surface area contributed by atoms with Gasteiger partial charge in [0.05, 0.1) is 13.2 Å². The highest BCUT2D eigenvalue weighted by atomic mass is 16.5. The molecule has 6 heteroatoms. The molecule has 122 valence electrons. The molecule has 0 spiro atoms. The molecule has 3 aliphatic rings. The molecule has 1 N–H and O–H groups in total. The summed E-state index contributed by atoms with van der Waals surface area (Å²) in [4.78, 5) is 9.52. The van der Waals surface area contributed by atoms with Crippen LogP contribution in [0.4, 0.5) is 0 Å². The minimum atomic E-state index is 0.294. The van der Waals surface area contributed by atoms with Crippen molar-refractivity contribution in [3.8, 4) is 0 Å². The van der Waals surface area contributed by atoms with Gasteiger partial charge < -0.3 is 9.63 Å². The van der Waals surface area contributed by atoms with Crippen molar-refractivity contribution < 1.29 is 9.63 Å². The topological polar surface area (TPSA) is 65.6 Å². The van der Waals surface area contributed by atoms with Crippen LogP contribution < -0.4 is 0 Å². The average Bonchev–Trinajstić information content (AvgIpc) is 2.94. The summed E-state index contributed by atoms with van der Waals surface area (Å²) in [7, 11) is 0. The summed E-state index contributed by atoms with van der Waals surface area (Å²) < 4.78 is 5.37. The van der Waals surface area contributed by atoms with E-state index >= 15 is 0 Å². The predicted octanol–water partition coefficient (Wildman–Crippen LogP) is 1.37. The Kier molecular flexibility index (Phi) is 4.15. The number of hydrogen-bond acceptors (Lipinski definition) is 6. The lowest BCUT2D eigenvalue weighted by Gasteiger charge is -2.30. The van der Waals surface area contributed by atoms with E-state index in [1.54, 1.807) is 0 Å². The van der Waals surface area contributed by atoms with E-state index in [-0.39, 0.29) is 0 Å². The summed E-state index contributed by atoms with van der Waals surface area (Å²) >= 11 is 0. The van der Waals surface area contributed by atoms with Gasteiger partial charge in [0.1, 0.15) is 0 Å². The lowest BCUT2D eigenvalue weighted by atomic mass is 10.2. The van der Waals surface area contributed by atoms with Crippen LogP contribution in [-0.2, 0) is 6.54 Å². The zero-order chi connectivity index (χ0) is 14.9. The van der Waals surface area contributed by atoms with E-state index in [4.69, 9.17) is 4.52 Å². The maximum atomic E-state index is 9.48. The first-order valence-corrected chi connectivity index (χ1v) is 8.75. The first-order chi connectivity index (χ1) is 10.8. The summed E-state index contributed by atoms with van der Waals surface area (Å²) in [6, 6.07) is 0.934. The van der Waals surface area contributed by atoms with Crippen LogP contribution in [-0.4, -0.2) is 63.4 Å². The van der Waals surface area contributed by atoms with Gasteiger partial charge in [0.25, 0.3) is 0 Å². The van der Waals surface area contributed by atoms with Gasteiger partial charge in [-0.2, -0.15) is 4.98 Å². The van der Waals surface area contributed by atoms with Crippen molar-refractivity contribution in [2.75, 3.05) is 26.2 Å². The number of aliphatic hydroxyl groups excluding tert-OH is 1. The zero-order valence-electron chi connectivity index (χ0n) is 13.2. The first-order valence-electron chi connectivity index (χ1n) is 8.75. The number of hydrogen-bond donors (Lipinski definition) is 1. The molecule has 2 saturated heterocycles. The molecule has 1 aliphatic carbocycles. The van der Waals surface area contributed by atoms with E-state index in [9.17, 15) is 5.11 Å². The molecular weight excluding hydrogens is 280 g/mol. The monoisotopic (exact) mass is 306 g/mol. The minimum Gasteiger partial charge on any atom is -0.395 e. The molecule has 2 atom stereocenters. The van der Waals surface area contributed by atoms with Crippen molar-refractivity contribution in [3.05, 3.63) is 11.7 Å². The van der Waals surface area contributed by atoms with Crippen LogP contribution in [0.2, 0.25) is 0 Å². The molecule has 3 heterocycles. The smallest absolute Gasteiger partial charge is 0.229 e. The van der Waals surface area contributed by atoms with Crippen molar-refractivity contribution >= 4 is 0 Å². The number of aromatic nitrogens is 2. The first kappa shape index (κ1) is 14.6. The summed E-state index contributed by atoms with van der Waals surface area (Å²) in [5.74, 6) is 2.21. The van der Waals surface area contributed by atoms with Crippen molar-refractivity contribution in [3.63, 3.8) is 0 Å². The normalized spacial score (nSPS) is 30.4. The maximum absolute atomic E-state index is 9.48. The van der Waals surface area contributed by atoms with E-state index in [2.05, 4.69) is 19.9 Å². The second-order valence-electron chi connectivity index (χ2n) is 7.06. The SMILES string of the molecule is OCC1CCCN1CC1CCCN1Cc1noc(C2CC2)n1. The van der Waals surface area contributed by atoms with Crippen molar-refractivity contribution in [1.29, 1.82) is 0 Å². The molecule has 3 fully saturated rings. The van der Waals surface area contributed by atoms with Gasteiger partial charge in [-0.15, -0.1) is 0 Å². The lowest BCUT2D eigenvalue weighted by molar-refractivity contribution is 0.118. The van der Waals surface area contributed by atoms with Crippen molar-refractivity contribution in [2.45, 2.75) is 63.1 Å². The number of nitrogens with zero attached hydrogens (tertiary/aromatic N) is 4. The Morgan fingerprint density at radius 2 is 1.82 bits per heavy atom. The zero-order valence-corrected chi connectivity index (χ0v) is 13.2. The van der Waals surface area contributed by atoms with Crippen LogP contribution in [0.5, 0.6) is 0 Å². The summed E-state index contributed by atoms with van der Waals surface area (Å²) in [5.41, 5.74) is 0. The largest absolute Gasteiger partial charge is 0.395 e. The maximum Gasteiger partial charge on any atom is 0.229 e. The van der Waals surface area contributed by atoms with Gasteiger partial charge in [0, 0.05) is 24.5 Å². The lowest BCUT2D eigenvalue weighted by Crippen LogP contribution is -2.43. The third-order valence-electron chi connectivity index (χ3n) is 5.41. The van der Waals surface area contributed by atoms with Gasteiger partial charge in [-0.1, -0.05) is 5.16 Å². The van der Waals surface area contributed by atoms with Crippen LogP contribution >= 0.6 is 0 Å². The molecule has 2 aliphatic heterocycles. The van der Waals surface area contributed by atoms with E-state index in [0.29, 0.717) is 24.6 Å². The highest BCUT2D eigenvalue weighted by Gasteiger charge is 2.33. The molecule has 0 aromatic carbocycles. The molecule has 1 aromatic rings. The Balaban J connectivity index is 1.35. The molecular formula is C16H26N4O2. The van der Waals surface area contributed by atoms with Gasteiger partial charge in [0.15, 0.2) is 5.82 Å². The van der Waals surface area contributed by atoms with Crippen molar-refractivity contribution in [2.24, 2.45) is 0 Å². The minimum absolute atomic E-state index is 0.294. The highest BCUT2D eigenvalue weighted by Crippen LogP contribution is 2.39. The van der Waals surface area contributed by atoms with Crippen LogP contribution in [0.15, 0.2) is 4.52 Å². The fraction of sp³-hybridized carbons (Fsp3) is 0.875. The summed E-state index contributed by atoms with van der Waals surface area (Å²) in [5, 5.41) is 13.6. The molecule has 6 nitrogen and oxygen atoms in total. The Morgan fingerprint density at radius 1 is 1.05 bits per heavy atom. The van der Waals surface area contributed by atoms with Gasteiger partial charge >= 0.3 is 0 Å². The van der Waals surface area contributed by atoms with Gasteiger partial charge in [-0.25, -0.2) is 0 Å². The Hall–Kier alpha value is -0.980. The second kappa shape index (κ2) is 6.26. The third-order valence-corrected chi connectivity index (χ3v) is 5.41. The highest BCUT2D eigenvalue weighted by molar-refractivity contribution is 5.02. The quantitative estimate of drug-likeness (QED) is 0.856. The van der Waals surface area contributed by atoms with Crippen LogP contribution in [0.1, 0.15) is 56.2 Å². The number of aliphatic hydroxyl groups is 1. The van der Waals surface area contributed by atoms with Gasteiger partial charge in [-0.3, -0.25) is 9.80 Å². The van der Waals surface area contributed by atoms with E-state index in [1.807, 2.05) is 0 Å². The van der Waals surface area contributed by atoms with Gasteiger partial charge in [-0.05, 0) is 51.6 Å². The van der Waals surface area contributed by atoms with Gasteiger partial charge in [0.2, 0.25) is 5.89 Å². The standard InChI is InChI=1S/C16H26N4O2/c21-11-14-4-2-7-19(14)9-13-3-1-8-20(13)10-15-17-16(22-18-15)12-5-6-12/h12-14,21H,1-11H2. The molecule has 1 saturated carbocycles. The molecule has 0 radical (unpaired) electrons. The number of rotatable bonds is 6. The Morgan fingerprint density at radius 3 is 2.59 bits per heavy atom. The summed E-state index contributed by atoms with van der Waals surface area (Å²) in [6.07, 6.45) is 7.24. The molecule has 1 aromatic heterocycles. The molecule has 0 bridgehead atoms. The Labute approximate surface area is 131 Å². The molecule has 2 unspecified atom stereocenters. The Bertz CT molecular complexity index is 502. The van der Waals surface area contributed by atoms with Crippen LogP contribution in [0, 0.1) is 0 Å². The average molecular weight is 306 g/mol. The van der Waals surface area contributed by atoms with E-state index < -0.39 is 0 Å². The molecule has 0 amide bonds. The third kappa shape index (κ3) is 3.05. The van der Waals surface area contributed by atoms with E-state index in [0.717, 1.165) is 44.3 Å². The fourth-order valence-electron chi connectivity index (χ4n) is 3.93. The number of likely N-dealkylation sites (tertiary alicyclic amines) is 2.